The summed E-state index contributed by atoms with van der Waals surface area (Å²) in [4.78, 5) is 15.0. The molecular weight excluding hydrogens is 334 g/mol. The van der Waals surface area contributed by atoms with Crippen molar-refractivity contribution >= 4 is 22.0 Å². The van der Waals surface area contributed by atoms with E-state index >= 15 is 0 Å². The van der Waals surface area contributed by atoms with Gasteiger partial charge in [0, 0.05) is 10.0 Å². The van der Waals surface area contributed by atoms with E-state index in [0.29, 0.717) is 18.3 Å². The second kappa shape index (κ2) is 5.82. The fourth-order valence-corrected chi connectivity index (χ4v) is 3.46. The highest BCUT2D eigenvalue weighted by Crippen LogP contribution is 2.53. The SMILES string of the molecule is COc1ccc(Br)c(C2(N=C=O)CCC2)c1OCC1CC1. The first-order valence-electron chi connectivity index (χ1n) is 7.29. The number of aliphatic imine (C=N–C) groups is 1. The van der Waals surface area contributed by atoms with Gasteiger partial charge >= 0.3 is 0 Å². The highest BCUT2D eigenvalue weighted by molar-refractivity contribution is 9.10. The lowest BCUT2D eigenvalue weighted by Gasteiger charge is -2.39. The van der Waals surface area contributed by atoms with Gasteiger partial charge in [0.2, 0.25) is 6.08 Å². The molecular formula is C16H18BrNO3. The van der Waals surface area contributed by atoms with Crippen molar-refractivity contribution < 1.29 is 14.3 Å². The topological polar surface area (TPSA) is 47.9 Å². The molecule has 2 saturated carbocycles. The van der Waals surface area contributed by atoms with Crippen LogP contribution in [0.2, 0.25) is 0 Å². The number of hydrogen-bond donors (Lipinski definition) is 0. The summed E-state index contributed by atoms with van der Waals surface area (Å²) in [6.45, 7) is 0.695. The van der Waals surface area contributed by atoms with Crippen LogP contribution < -0.4 is 9.47 Å². The highest BCUT2D eigenvalue weighted by Gasteiger charge is 2.43. The molecule has 3 rings (SSSR count). The molecule has 5 heteroatoms. The summed E-state index contributed by atoms with van der Waals surface area (Å²) < 4.78 is 12.4. The van der Waals surface area contributed by atoms with Crippen LogP contribution in [-0.4, -0.2) is 19.8 Å². The van der Waals surface area contributed by atoms with Gasteiger partial charge in [-0.05, 0) is 50.2 Å². The van der Waals surface area contributed by atoms with Crippen molar-refractivity contribution in [3.05, 3.63) is 22.2 Å². The Morgan fingerprint density at radius 1 is 1.43 bits per heavy atom. The average molecular weight is 352 g/mol. The van der Waals surface area contributed by atoms with Gasteiger partial charge in [0.1, 0.15) is 5.54 Å². The Labute approximate surface area is 132 Å². The van der Waals surface area contributed by atoms with E-state index in [2.05, 4.69) is 20.9 Å². The van der Waals surface area contributed by atoms with E-state index in [4.69, 9.17) is 9.47 Å². The molecule has 2 aliphatic carbocycles. The lowest BCUT2D eigenvalue weighted by molar-refractivity contribution is 0.226. The minimum absolute atomic E-state index is 0.506. The van der Waals surface area contributed by atoms with Crippen LogP contribution in [0.25, 0.3) is 0 Å². The first-order chi connectivity index (χ1) is 10.2. The maximum atomic E-state index is 10.9. The molecule has 0 spiro atoms. The predicted octanol–water partition coefficient (Wildman–Crippen LogP) is 3.96. The molecule has 21 heavy (non-hydrogen) atoms. The first-order valence-corrected chi connectivity index (χ1v) is 8.08. The monoisotopic (exact) mass is 351 g/mol. The second-order valence-corrected chi connectivity index (χ2v) is 6.65. The number of carbonyl (C=O) groups excluding carboxylic acids is 1. The Morgan fingerprint density at radius 3 is 2.71 bits per heavy atom. The van der Waals surface area contributed by atoms with Gasteiger partial charge in [-0.1, -0.05) is 15.9 Å². The third-order valence-corrected chi connectivity index (χ3v) is 5.02. The second-order valence-electron chi connectivity index (χ2n) is 5.80. The fourth-order valence-electron chi connectivity index (χ4n) is 2.78. The van der Waals surface area contributed by atoms with Crippen molar-refractivity contribution in [3.8, 4) is 11.5 Å². The van der Waals surface area contributed by atoms with E-state index < -0.39 is 5.54 Å². The van der Waals surface area contributed by atoms with E-state index in [9.17, 15) is 4.79 Å². The van der Waals surface area contributed by atoms with Crippen LogP contribution in [0.4, 0.5) is 0 Å². The zero-order valence-electron chi connectivity index (χ0n) is 12.0. The third kappa shape index (κ3) is 2.72. The van der Waals surface area contributed by atoms with Gasteiger partial charge in [-0.15, -0.1) is 0 Å². The van der Waals surface area contributed by atoms with E-state index in [0.717, 1.165) is 35.0 Å². The Kier molecular flexibility index (Phi) is 4.05. The Morgan fingerprint density at radius 2 is 2.19 bits per heavy atom. The summed E-state index contributed by atoms with van der Waals surface area (Å²) in [5, 5.41) is 0. The minimum atomic E-state index is -0.506. The van der Waals surface area contributed by atoms with Crippen LogP contribution in [-0.2, 0) is 10.3 Å². The van der Waals surface area contributed by atoms with Crippen LogP contribution in [0.3, 0.4) is 0 Å². The average Bonchev–Trinajstić information content (AvgIpc) is 3.25. The minimum Gasteiger partial charge on any atom is -0.493 e. The van der Waals surface area contributed by atoms with Crippen molar-refractivity contribution in [2.24, 2.45) is 10.9 Å². The van der Waals surface area contributed by atoms with Gasteiger partial charge in [0.15, 0.2) is 11.5 Å². The maximum Gasteiger partial charge on any atom is 0.235 e. The fraction of sp³-hybridized carbons (Fsp3) is 0.562. The Hall–Kier alpha value is -1.32. The van der Waals surface area contributed by atoms with E-state index in [-0.39, 0.29) is 0 Å². The molecule has 2 fully saturated rings. The molecule has 0 unspecified atom stereocenters. The van der Waals surface area contributed by atoms with Gasteiger partial charge in [0.25, 0.3) is 0 Å². The molecule has 0 atom stereocenters. The number of halogens is 1. The molecule has 0 bridgehead atoms. The van der Waals surface area contributed by atoms with Crippen molar-refractivity contribution in [1.82, 2.24) is 0 Å². The molecule has 1 aromatic carbocycles. The summed E-state index contributed by atoms with van der Waals surface area (Å²) in [6, 6.07) is 3.81. The van der Waals surface area contributed by atoms with Crippen LogP contribution in [0.5, 0.6) is 11.5 Å². The van der Waals surface area contributed by atoms with Gasteiger partial charge < -0.3 is 9.47 Å². The molecule has 0 aromatic heterocycles. The Bertz CT molecular complexity index is 587. The van der Waals surface area contributed by atoms with Crippen molar-refractivity contribution in [2.45, 2.75) is 37.6 Å². The number of isocyanates is 1. The smallest absolute Gasteiger partial charge is 0.235 e. The normalized spacial score (nSPS) is 19.3. The Balaban J connectivity index is 2.04. The summed E-state index contributed by atoms with van der Waals surface area (Å²) in [7, 11) is 1.63. The van der Waals surface area contributed by atoms with Gasteiger partial charge in [-0.2, -0.15) is 4.99 Å². The van der Waals surface area contributed by atoms with Crippen LogP contribution in [0, 0.1) is 5.92 Å². The van der Waals surface area contributed by atoms with E-state index in [1.165, 1.54) is 12.8 Å². The molecule has 0 aliphatic heterocycles. The van der Waals surface area contributed by atoms with Crippen LogP contribution in [0.15, 0.2) is 21.6 Å². The summed E-state index contributed by atoms with van der Waals surface area (Å²) in [5.41, 5.74) is 0.422. The zero-order chi connectivity index (χ0) is 14.9. The van der Waals surface area contributed by atoms with Crippen molar-refractivity contribution in [3.63, 3.8) is 0 Å². The number of hydrogen-bond acceptors (Lipinski definition) is 4. The standard InChI is InChI=1S/C16H18BrNO3/c1-20-13-6-5-12(17)14(15(13)21-9-11-3-4-11)16(18-10-19)7-2-8-16/h5-6,11H,2-4,7-9H2,1H3. The van der Waals surface area contributed by atoms with Gasteiger partial charge in [-0.25, -0.2) is 4.79 Å². The van der Waals surface area contributed by atoms with Crippen LogP contribution in [0.1, 0.15) is 37.7 Å². The van der Waals surface area contributed by atoms with Crippen molar-refractivity contribution in [1.29, 1.82) is 0 Å². The van der Waals surface area contributed by atoms with Gasteiger partial charge in [-0.3, -0.25) is 0 Å². The number of rotatable bonds is 6. The number of benzene rings is 1. The van der Waals surface area contributed by atoms with E-state index in [1.54, 1.807) is 13.2 Å². The molecule has 0 N–H and O–H groups in total. The maximum absolute atomic E-state index is 10.9. The molecule has 0 heterocycles. The predicted molar refractivity (Wildman–Crippen MR) is 82.6 cm³/mol. The van der Waals surface area contributed by atoms with Crippen molar-refractivity contribution in [2.75, 3.05) is 13.7 Å². The lowest BCUT2D eigenvalue weighted by atomic mass is 9.72. The molecule has 0 amide bonds. The van der Waals surface area contributed by atoms with E-state index in [1.807, 2.05) is 12.1 Å². The molecule has 2 aliphatic rings. The summed E-state index contributed by atoms with van der Waals surface area (Å²) in [6.07, 6.45) is 6.92. The number of nitrogens with zero attached hydrogens (tertiary/aromatic N) is 1. The lowest BCUT2D eigenvalue weighted by Crippen LogP contribution is -2.33. The molecule has 4 nitrogen and oxygen atoms in total. The molecule has 0 radical (unpaired) electrons. The number of ether oxygens (including phenoxy) is 2. The summed E-state index contributed by atoms with van der Waals surface area (Å²) in [5.74, 6) is 2.06. The first kappa shape index (κ1) is 14.6. The summed E-state index contributed by atoms with van der Waals surface area (Å²) >= 11 is 3.59. The molecule has 1 aromatic rings. The largest absolute Gasteiger partial charge is 0.493 e. The molecule has 112 valence electrons. The highest BCUT2D eigenvalue weighted by atomic mass is 79.9. The van der Waals surface area contributed by atoms with Gasteiger partial charge in [0.05, 0.1) is 13.7 Å². The van der Waals surface area contributed by atoms with Crippen LogP contribution >= 0.6 is 15.9 Å². The quantitative estimate of drug-likeness (QED) is 0.575. The molecule has 0 saturated heterocycles. The number of methoxy groups -OCH3 is 1. The zero-order valence-corrected chi connectivity index (χ0v) is 13.6. The third-order valence-electron chi connectivity index (χ3n) is 4.36.